The van der Waals surface area contributed by atoms with Crippen molar-refractivity contribution in [2.45, 2.75) is 11.5 Å². The first kappa shape index (κ1) is 20.5. The van der Waals surface area contributed by atoms with Crippen molar-refractivity contribution in [3.8, 4) is 11.4 Å². The number of aromatic nitrogens is 2. The first-order chi connectivity index (χ1) is 14.4. The van der Waals surface area contributed by atoms with Gasteiger partial charge in [-0.05, 0) is 30.3 Å². The van der Waals surface area contributed by atoms with Crippen LogP contribution in [-0.2, 0) is 16.3 Å². The standard InChI is InChI=1S/C19H14Cl2N4O4S/c20-11-1-6-17(15(21)7-11)29-8-18(26)22-19-14-9-30-10-16(14)23-24(19)12-2-4-13(5-3-12)25(27)28/h1-7H,8-10H2,(H,22,26). The van der Waals surface area contributed by atoms with Gasteiger partial charge < -0.3 is 10.1 Å². The van der Waals surface area contributed by atoms with Crippen LogP contribution in [0.1, 0.15) is 11.3 Å². The largest absolute Gasteiger partial charge is 0.482 e. The number of nitrogens with zero attached hydrogens (tertiary/aromatic N) is 3. The van der Waals surface area contributed by atoms with Gasteiger partial charge in [0.05, 0.1) is 21.3 Å². The lowest BCUT2D eigenvalue weighted by atomic mass is 10.2. The van der Waals surface area contributed by atoms with Gasteiger partial charge in [-0.3, -0.25) is 14.9 Å². The summed E-state index contributed by atoms with van der Waals surface area (Å²) in [5.74, 6) is 1.93. The van der Waals surface area contributed by atoms with Crippen molar-refractivity contribution in [2.75, 3.05) is 11.9 Å². The molecule has 0 unspecified atom stereocenters. The molecule has 11 heteroatoms. The number of ether oxygens (including phenoxy) is 1. The van der Waals surface area contributed by atoms with Crippen molar-refractivity contribution in [3.05, 3.63) is 73.9 Å². The smallest absolute Gasteiger partial charge is 0.269 e. The van der Waals surface area contributed by atoms with Gasteiger partial charge in [-0.2, -0.15) is 16.9 Å². The number of nitro groups is 1. The fourth-order valence-corrected chi connectivity index (χ4v) is 4.45. The zero-order valence-electron chi connectivity index (χ0n) is 15.3. The van der Waals surface area contributed by atoms with Gasteiger partial charge in [0.2, 0.25) is 0 Å². The van der Waals surface area contributed by atoms with Crippen LogP contribution in [-0.4, -0.2) is 27.2 Å². The van der Waals surface area contributed by atoms with Crippen LogP contribution < -0.4 is 10.1 Å². The Morgan fingerprint density at radius 3 is 2.70 bits per heavy atom. The number of rotatable bonds is 6. The van der Waals surface area contributed by atoms with E-state index in [0.717, 1.165) is 17.0 Å². The number of carbonyl (C=O) groups excluding carboxylic acids is 1. The van der Waals surface area contributed by atoms with Crippen LogP contribution in [0.2, 0.25) is 10.0 Å². The predicted octanol–water partition coefficient (Wildman–Crippen LogP) is 4.85. The van der Waals surface area contributed by atoms with E-state index in [2.05, 4.69) is 10.4 Å². The van der Waals surface area contributed by atoms with Crippen molar-refractivity contribution in [1.29, 1.82) is 0 Å². The maximum atomic E-state index is 12.5. The number of nitro benzene ring substituents is 1. The summed E-state index contributed by atoms with van der Waals surface area (Å²) in [5, 5.41) is 19.1. The van der Waals surface area contributed by atoms with Crippen molar-refractivity contribution >= 4 is 52.4 Å². The number of fused-ring (bicyclic) bond motifs is 1. The highest BCUT2D eigenvalue weighted by atomic mass is 35.5. The second-order valence-corrected chi connectivity index (χ2v) is 8.19. The SMILES string of the molecule is O=C(COc1ccc(Cl)cc1Cl)Nc1c2c(nn1-c1ccc([N+](=O)[O-])cc1)CSC2. The molecule has 8 nitrogen and oxygen atoms in total. The van der Waals surface area contributed by atoms with Gasteiger partial charge in [-0.1, -0.05) is 23.2 Å². The molecule has 0 saturated carbocycles. The first-order valence-corrected chi connectivity index (χ1v) is 10.6. The second kappa shape index (κ2) is 8.55. The number of hydrogen-bond acceptors (Lipinski definition) is 6. The van der Waals surface area contributed by atoms with E-state index in [0.29, 0.717) is 33.1 Å². The Labute approximate surface area is 185 Å². The summed E-state index contributed by atoms with van der Waals surface area (Å²) in [6.07, 6.45) is 0. The van der Waals surface area contributed by atoms with Gasteiger partial charge in [0.15, 0.2) is 6.61 Å². The molecular weight excluding hydrogens is 451 g/mol. The molecule has 1 N–H and O–H groups in total. The summed E-state index contributed by atoms with van der Waals surface area (Å²) in [6, 6.07) is 10.7. The van der Waals surface area contributed by atoms with E-state index in [1.807, 2.05) is 0 Å². The third kappa shape index (κ3) is 4.23. The highest BCUT2D eigenvalue weighted by Gasteiger charge is 2.25. The Balaban J connectivity index is 1.54. The van der Waals surface area contributed by atoms with Crippen LogP contribution >= 0.6 is 35.0 Å². The van der Waals surface area contributed by atoms with Gasteiger partial charge in [0.25, 0.3) is 11.6 Å². The number of non-ortho nitro benzene ring substituents is 1. The molecule has 0 aliphatic carbocycles. The fraction of sp³-hybridized carbons (Fsp3) is 0.158. The molecule has 4 rings (SSSR count). The minimum Gasteiger partial charge on any atom is -0.482 e. The molecule has 2 aromatic carbocycles. The van der Waals surface area contributed by atoms with Crippen molar-refractivity contribution < 1.29 is 14.5 Å². The van der Waals surface area contributed by atoms with Crippen LogP contribution in [0.15, 0.2) is 42.5 Å². The quantitative estimate of drug-likeness (QED) is 0.413. The molecule has 0 atom stereocenters. The number of halogens is 2. The summed E-state index contributed by atoms with van der Waals surface area (Å²) in [5.41, 5.74) is 2.39. The highest BCUT2D eigenvalue weighted by molar-refractivity contribution is 7.98. The van der Waals surface area contributed by atoms with E-state index in [1.54, 1.807) is 40.7 Å². The van der Waals surface area contributed by atoms with Gasteiger partial charge in [-0.15, -0.1) is 0 Å². The molecule has 1 amide bonds. The van der Waals surface area contributed by atoms with E-state index in [9.17, 15) is 14.9 Å². The zero-order valence-corrected chi connectivity index (χ0v) is 17.6. The minimum absolute atomic E-state index is 0.0205. The van der Waals surface area contributed by atoms with Crippen LogP contribution in [0.3, 0.4) is 0 Å². The topological polar surface area (TPSA) is 99.3 Å². The summed E-state index contributed by atoms with van der Waals surface area (Å²) in [7, 11) is 0. The number of amides is 1. The minimum atomic E-state index is -0.467. The van der Waals surface area contributed by atoms with Crippen molar-refractivity contribution in [3.63, 3.8) is 0 Å². The summed E-state index contributed by atoms with van der Waals surface area (Å²) in [4.78, 5) is 23.0. The molecule has 0 saturated heterocycles. The van der Waals surface area contributed by atoms with Crippen LogP contribution in [0.25, 0.3) is 5.69 Å². The number of thioether (sulfide) groups is 1. The monoisotopic (exact) mass is 464 g/mol. The lowest BCUT2D eigenvalue weighted by Gasteiger charge is -2.12. The Bertz CT molecular complexity index is 1130. The highest BCUT2D eigenvalue weighted by Crippen LogP contribution is 2.36. The number of hydrogen-bond donors (Lipinski definition) is 1. The average molecular weight is 465 g/mol. The Kier molecular flexibility index (Phi) is 5.85. The number of carbonyl (C=O) groups is 1. The van der Waals surface area contributed by atoms with E-state index in [4.69, 9.17) is 27.9 Å². The zero-order chi connectivity index (χ0) is 21.3. The van der Waals surface area contributed by atoms with Gasteiger partial charge in [0.1, 0.15) is 11.6 Å². The molecular formula is C19H14Cl2N4O4S. The van der Waals surface area contributed by atoms with Crippen LogP contribution in [0.5, 0.6) is 5.75 Å². The molecule has 1 aliphatic heterocycles. The lowest BCUT2D eigenvalue weighted by Crippen LogP contribution is -2.22. The molecule has 2 heterocycles. The molecule has 0 bridgehead atoms. The van der Waals surface area contributed by atoms with E-state index in [-0.39, 0.29) is 18.2 Å². The summed E-state index contributed by atoms with van der Waals surface area (Å²) >= 11 is 13.6. The molecule has 154 valence electrons. The van der Waals surface area contributed by atoms with E-state index in [1.165, 1.54) is 18.2 Å². The molecule has 1 aliphatic rings. The number of nitrogens with one attached hydrogen (secondary N) is 1. The van der Waals surface area contributed by atoms with Gasteiger partial charge in [0, 0.05) is 34.2 Å². The Morgan fingerprint density at radius 1 is 1.23 bits per heavy atom. The van der Waals surface area contributed by atoms with E-state index >= 15 is 0 Å². The molecule has 30 heavy (non-hydrogen) atoms. The third-order valence-corrected chi connectivity index (χ3v) is 5.87. The molecule has 3 aromatic rings. The van der Waals surface area contributed by atoms with E-state index < -0.39 is 4.92 Å². The normalized spacial score (nSPS) is 12.5. The maximum Gasteiger partial charge on any atom is 0.269 e. The molecule has 1 aromatic heterocycles. The number of benzene rings is 2. The van der Waals surface area contributed by atoms with Crippen molar-refractivity contribution in [2.24, 2.45) is 0 Å². The second-order valence-electron chi connectivity index (χ2n) is 6.36. The fourth-order valence-electron chi connectivity index (χ4n) is 2.95. The predicted molar refractivity (Wildman–Crippen MR) is 116 cm³/mol. The van der Waals surface area contributed by atoms with Crippen LogP contribution in [0, 0.1) is 10.1 Å². The molecule has 0 radical (unpaired) electrons. The first-order valence-electron chi connectivity index (χ1n) is 8.73. The summed E-state index contributed by atoms with van der Waals surface area (Å²) < 4.78 is 7.08. The number of anilines is 1. The van der Waals surface area contributed by atoms with Gasteiger partial charge in [-0.25, -0.2) is 4.68 Å². The molecule has 0 spiro atoms. The lowest BCUT2D eigenvalue weighted by molar-refractivity contribution is -0.384. The maximum absolute atomic E-state index is 12.5. The Hall–Kier alpha value is -2.75. The van der Waals surface area contributed by atoms with Gasteiger partial charge >= 0.3 is 0 Å². The molecule has 0 fully saturated rings. The average Bonchev–Trinajstić information content (AvgIpc) is 3.30. The Morgan fingerprint density at radius 2 is 2.00 bits per heavy atom. The third-order valence-electron chi connectivity index (χ3n) is 4.37. The van der Waals surface area contributed by atoms with Crippen molar-refractivity contribution in [1.82, 2.24) is 9.78 Å². The summed E-state index contributed by atoms with van der Waals surface area (Å²) in [6.45, 7) is -0.255. The van der Waals surface area contributed by atoms with Crippen LogP contribution in [0.4, 0.5) is 11.5 Å².